The Hall–Kier alpha value is -3.29. The van der Waals surface area contributed by atoms with Crippen molar-refractivity contribution in [2.75, 3.05) is 7.05 Å². The highest BCUT2D eigenvalue weighted by atomic mass is 19.1. The van der Waals surface area contributed by atoms with Crippen LogP contribution < -0.4 is 10.6 Å². The Morgan fingerprint density at radius 1 is 0.960 bits per heavy atom. The molecule has 25 heavy (non-hydrogen) atoms. The lowest BCUT2D eigenvalue weighted by Crippen LogP contribution is -2.41. The van der Waals surface area contributed by atoms with Crippen molar-refractivity contribution in [1.29, 1.82) is 0 Å². The Balaban J connectivity index is 2.31. The van der Waals surface area contributed by atoms with E-state index < -0.39 is 41.2 Å². The highest BCUT2D eigenvalue weighted by Crippen LogP contribution is 2.22. The largest absolute Gasteiger partial charge is 0.444 e. The molecule has 0 saturated heterocycles. The van der Waals surface area contributed by atoms with Gasteiger partial charge in [0.25, 0.3) is 5.91 Å². The van der Waals surface area contributed by atoms with Crippen LogP contribution in [0.15, 0.2) is 48.5 Å². The molecule has 2 aromatic carbocycles. The Morgan fingerprint density at radius 3 is 2.12 bits per heavy atom. The zero-order valence-corrected chi connectivity index (χ0v) is 13.1. The summed E-state index contributed by atoms with van der Waals surface area (Å²) in [6.07, 6.45) is -1.56. The normalized spacial score (nSPS) is 11.3. The number of carbonyl (C=O) groups excluding carboxylic acids is 3. The summed E-state index contributed by atoms with van der Waals surface area (Å²) >= 11 is 0. The second kappa shape index (κ2) is 8.00. The van der Waals surface area contributed by atoms with E-state index in [9.17, 15) is 23.2 Å². The monoisotopic (exact) mass is 348 g/mol. The molecule has 2 rings (SSSR count). The van der Waals surface area contributed by atoms with Crippen molar-refractivity contribution in [1.82, 2.24) is 10.6 Å². The number of imide groups is 1. The van der Waals surface area contributed by atoms with E-state index in [0.717, 1.165) is 18.2 Å². The predicted octanol–water partition coefficient (Wildman–Crippen LogP) is 2.32. The third kappa shape index (κ3) is 4.37. The molecule has 3 amide bonds. The van der Waals surface area contributed by atoms with Gasteiger partial charge in [-0.3, -0.25) is 10.1 Å². The second-order valence-corrected chi connectivity index (χ2v) is 4.86. The Kier molecular flexibility index (Phi) is 5.78. The average molecular weight is 348 g/mol. The molecule has 0 bridgehead atoms. The molecule has 2 N–H and O–H groups in total. The van der Waals surface area contributed by atoms with E-state index >= 15 is 0 Å². The summed E-state index contributed by atoms with van der Waals surface area (Å²) in [6, 6.07) is 9.81. The van der Waals surface area contributed by atoms with Crippen molar-refractivity contribution in [3.8, 4) is 0 Å². The molecular weight excluding hydrogens is 334 g/mol. The van der Waals surface area contributed by atoms with Crippen LogP contribution in [0.3, 0.4) is 0 Å². The predicted molar refractivity (Wildman–Crippen MR) is 83.6 cm³/mol. The van der Waals surface area contributed by atoms with Gasteiger partial charge in [0.05, 0.1) is 0 Å². The lowest BCUT2D eigenvalue weighted by molar-refractivity contribution is -0.129. The summed E-state index contributed by atoms with van der Waals surface area (Å²) in [5.41, 5.74) is -0.690. The smallest absolute Gasteiger partial charge is 0.345 e. The fourth-order valence-electron chi connectivity index (χ4n) is 2.00. The van der Waals surface area contributed by atoms with Gasteiger partial charge in [-0.2, -0.15) is 0 Å². The molecule has 2 aromatic rings. The molecule has 8 heteroatoms. The van der Waals surface area contributed by atoms with Crippen LogP contribution in [-0.4, -0.2) is 25.0 Å². The minimum absolute atomic E-state index is 0.231. The van der Waals surface area contributed by atoms with Crippen LogP contribution in [-0.2, 0) is 9.53 Å². The quantitative estimate of drug-likeness (QED) is 0.831. The summed E-state index contributed by atoms with van der Waals surface area (Å²) in [7, 11) is 1.29. The van der Waals surface area contributed by atoms with E-state index in [0.29, 0.717) is 0 Å². The minimum Gasteiger partial charge on any atom is -0.444 e. The zero-order valence-electron chi connectivity index (χ0n) is 13.1. The first kappa shape index (κ1) is 18.1. The third-order valence-electron chi connectivity index (χ3n) is 3.20. The number of amides is 3. The number of esters is 1. The molecule has 0 aliphatic carbocycles. The molecule has 6 nitrogen and oxygen atoms in total. The van der Waals surface area contributed by atoms with Crippen molar-refractivity contribution in [2.24, 2.45) is 0 Å². The van der Waals surface area contributed by atoms with Crippen LogP contribution in [0.2, 0.25) is 0 Å². The number of ether oxygens (including phenoxy) is 1. The van der Waals surface area contributed by atoms with Gasteiger partial charge in [-0.1, -0.05) is 36.4 Å². The Labute approximate surface area is 141 Å². The number of carbonyl (C=O) groups is 3. The van der Waals surface area contributed by atoms with Crippen LogP contribution in [0.5, 0.6) is 0 Å². The highest BCUT2D eigenvalue weighted by molar-refractivity contribution is 5.99. The van der Waals surface area contributed by atoms with Crippen molar-refractivity contribution < 1.29 is 27.9 Å². The van der Waals surface area contributed by atoms with Crippen molar-refractivity contribution in [3.05, 3.63) is 71.3 Å². The number of rotatable bonds is 4. The number of nitrogens with one attached hydrogen (secondary N) is 2. The molecule has 0 aliphatic rings. The van der Waals surface area contributed by atoms with Crippen LogP contribution in [0.4, 0.5) is 13.6 Å². The van der Waals surface area contributed by atoms with Gasteiger partial charge in [-0.05, 0) is 12.1 Å². The standard InChI is InChI=1S/C17H14F2N2O4/c1-20-17(24)21-15(22)14(10-6-3-2-4-7-10)25-16(23)13-11(18)8-5-9-12(13)19/h2-9,14H,1H3,(H2,20,21,22,24)/t14-/m1/s1. The molecule has 0 fully saturated rings. The summed E-state index contributed by atoms with van der Waals surface area (Å²) in [5.74, 6) is -4.57. The van der Waals surface area contributed by atoms with Gasteiger partial charge in [0.1, 0.15) is 17.2 Å². The molecule has 130 valence electrons. The molecule has 0 aliphatic heterocycles. The van der Waals surface area contributed by atoms with Crippen LogP contribution in [0.1, 0.15) is 22.0 Å². The van der Waals surface area contributed by atoms with E-state index in [1.807, 2.05) is 5.32 Å². The molecule has 0 spiro atoms. The van der Waals surface area contributed by atoms with Crippen molar-refractivity contribution in [3.63, 3.8) is 0 Å². The summed E-state index contributed by atoms with van der Waals surface area (Å²) < 4.78 is 32.4. The van der Waals surface area contributed by atoms with Gasteiger partial charge in [-0.25, -0.2) is 18.4 Å². The molecule has 0 saturated carbocycles. The Bertz CT molecular complexity index is 776. The molecule has 0 heterocycles. The van der Waals surface area contributed by atoms with E-state index in [1.165, 1.54) is 19.2 Å². The number of benzene rings is 2. The van der Waals surface area contributed by atoms with Gasteiger partial charge in [-0.15, -0.1) is 0 Å². The molecule has 0 radical (unpaired) electrons. The third-order valence-corrected chi connectivity index (χ3v) is 3.20. The van der Waals surface area contributed by atoms with Crippen molar-refractivity contribution >= 4 is 17.9 Å². The molecular formula is C17H14F2N2O4. The van der Waals surface area contributed by atoms with Crippen molar-refractivity contribution in [2.45, 2.75) is 6.10 Å². The number of halogens is 2. The van der Waals surface area contributed by atoms with Crippen LogP contribution in [0, 0.1) is 11.6 Å². The molecule has 0 aromatic heterocycles. The lowest BCUT2D eigenvalue weighted by atomic mass is 10.1. The van der Waals surface area contributed by atoms with Gasteiger partial charge in [0, 0.05) is 12.6 Å². The van der Waals surface area contributed by atoms with Crippen LogP contribution >= 0.6 is 0 Å². The fourth-order valence-corrected chi connectivity index (χ4v) is 2.00. The fraction of sp³-hybridized carbons (Fsp3) is 0.118. The van der Waals surface area contributed by atoms with E-state index in [4.69, 9.17) is 4.74 Å². The first-order valence-corrected chi connectivity index (χ1v) is 7.16. The van der Waals surface area contributed by atoms with Gasteiger partial charge in [0.2, 0.25) is 6.10 Å². The maximum atomic E-state index is 13.7. The number of hydrogen-bond donors (Lipinski definition) is 2. The lowest BCUT2D eigenvalue weighted by Gasteiger charge is -2.17. The van der Waals surface area contributed by atoms with E-state index in [2.05, 4.69) is 5.32 Å². The van der Waals surface area contributed by atoms with Gasteiger partial charge >= 0.3 is 12.0 Å². The SMILES string of the molecule is CNC(=O)NC(=O)[C@H](OC(=O)c1c(F)cccc1F)c1ccccc1. The zero-order chi connectivity index (χ0) is 18.4. The maximum absolute atomic E-state index is 13.7. The topological polar surface area (TPSA) is 84.5 Å². The second-order valence-electron chi connectivity index (χ2n) is 4.86. The number of urea groups is 1. The van der Waals surface area contributed by atoms with Crippen LogP contribution in [0.25, 0.3) is 0 Å². The van der Waals surface area contributed by atoms with Gasteiger partial charge in [0.15, 0.2) is 0 Å². The molecule has 1 atom stereocenters. The van der Waals surface area contributed by atoms with E-state index in [1.54, 1.807) is 18.2 Å². The summed E-state index contributed by atoms with van der Waals surface area (Å²) in [4.78, 5) is 35.7. The Morgan fingerprint density at radius 2 is 1.56 bits per heavy atom. The average Bonchev–Trinajstić information content (AvgIpc) is 2.60. The summed E-state index contributed by atoms with van der Waals surface area (Å²) in [5, 5.41) is 4.13. The highest BCUT2D eigenvalue weighted by Gasteiger charge is 2.29. The maximum Gasteiger partial charge on any atom is 0.345 e. The first-order valence-electron chi connectivity index (χ1n) is 7.16. The minimum atomic E-state index is -1.56. The number of hydrogen-bond acceptors (Lipinski definition) is 4. The molecule has 0 unspecified atom stereocenters. The first-order chi connectivity index (χ1) is 11.9. The summed E-state index contributed by atoms with van der Waals surface area (Å²) in [6.45, 7) is 0. The van der Waals surface area contributed by atoms with E-state index in [-0.39, 0.29) is 5.56 Å². The van der Waals surface area contributed by atoms with Gasteiger partial charge < -0.3 is 10.1 Å².